The SMILES string of the molecule is CCOc1cccc(NC(=O)[C@@H]2CCCN(S(=O)(=O)c3ccc(Cl)cc3)C2)c1. The molecule has 0 bridgehead atoms. The van der Waals surface area contributed by atoms with Crippen molar-refractivity contribution in [2.45, 2.75) is 24.7 Å². The number of nitrogens with zero attached hydrogens (tertiary/aromatic N) is 1. The van der Waals surface area contributed by atoms with Crippen LogP contribution in [0, 0.1) is 5.92 Å². The van der Waals surface area contributed by atoms with Gasteiger partial charge < -0.3 is 10.1 Å². The molecular formula is C20H23ClN2O4S. The zero-order chi connectivity index (χ0) is 20.1. The lowest BCUT2D eigenvalue weighted by atomic mass is 9.98. The predicted molar refractivity (Wildman–Crippen MR) is 109 cm³/mol. The molecule has 2 aromatic carbocycles. The third kappa shape index (κ3) is 4.84. The van der Waals surface area contributed by atoms with Crippen LogP contribution in [0.25, 0.3) is 0 Å². The lowest BCUT2D eigenvalue weighted by Gasteiger charge is -2.31. The van der Waals surface area contributed by atoms with E-state index in [1.165, 1.54) is 16.4 Å². The Morgan fingerprint density at radius 3 is 2.71 bits per heavy atom. The van der Waals surface area contributed by atoms with Gasteiger partial charge in [0, 0.05) is 29.9 Å². The number of benzene rings is 2. The highest BCUT2D eigenvalue weighted by atomic mass is 35.5. The highest BCUT2D eigenvalue weighted by Gasteiger charge is 2.33. The van der Waals surface area contributed by atoms with Crippen LogP contribution in [0.5, 0.6) is 5.75 Å². The normalized spacial score (nSPS) is 17.9. The maximum atomic E-state index is 12.9. The molecule has 150 valence electrons. The van der Waals surface area contributed by atoms with Gasteiger partial charge in [0.25, 0.3) is 0 Å². The smallest absolute Gasteiger partial charge is 0.243 e. The molecule has 2 aromatic rings. The number of carbonyl (C=O) groups excluding carboxylic acids is 1. The number of anilines is 1. The number of sulfonamides is 1. The molecule has 8 heteroatoms. The third-order valence-electron chi connectivity index (χ3n) is 4.62. The largest absolute Gasteiger partial charge is 0.494 e. The molecule has 1 heterocycles. The van der Waals surface area contributed by atoms with Crippen molar-refractivity contribution in [1.82, 2.24) is 4.31 Å². The molecule has 0 aromatic heterocycles. The Hall–Kier alpha value is -2.09. The molecule has 1 saturated heterocycles. The zero-order valence-electron chi connectivity index (χ0n) is 15.6. The van der Waals surface area contributed by atoms with E-state index < -0.39 is 15.9 Å². The van der Waals surface area contributed by atoms with E-state index in [0.29, 0.717) is 42.5 Å². The van der Waals surface area contributed by atoms with E-state index in [9.17, 15) is 13.2 Å². The van der Waals surface area contributed by atoms with Gasteiger partial charge in [-0.15, -0.1) is 0 Å². The van der Waals surface area contributed by atoms with Gasteiger partial charge in [-0.3, -0.25) is 4.79 Å². The summed E-state index contributed by atoms with van der Waals surface area (Å²) in [6, 6.07) is 13.2. The quantitative estimate of drug-likeness (QED) is 0.768. The Bertz CT molecular complexity index is 931. The molecule has 1 amide bonds. The molecule has 0 spiro atoms. The highest BCUT2D eigenvalue weighted by Crippen LogP contribution is 2.26. The molecule has 0 radical (unpaired) electrons. The molecule has 1 atom stereocenters. The van der Waals surface area contributed by atoms with E-state index >= 15 is 0 Å². The number of rotatable bonds is 6. The first-order chi connectivity index (χ1) is 13.4. The Balaban J connectivity index is 1.69. The number of amides is 1. The summed E-state index contributed by atoms with van der Waals surface area (Å²) in [5.74, 6) is 0.0760. The van der Waals surface area contributed by atoms with E-state index in [1.54, 1.807) is 30.3 Å². The third-order valence-corrected chi connectivity index (χ3v) is 6.75. The van der Waals surface area contributed by atoms with Crippen molar-refractivity contribution in [1.29, 1.82) is 0 Å². The van der Waals surface area contributed by atoms with Crippen molar-refractivity contribution in [2.75, 3.05) is 25.0 Å². The van der Waals surface area contributed by atoms with Gasteiger partial charge in [-0.25, -0.2) is 8.42 Å². The fourth-order valence-corrected chi connectivity index (χ4v) is 4.85. The van der Waals surface area contributed by atoms with Crippen LogP contribution in [0.4, 0.5) is 5.69 Å². The van der Waals surface area contributed by atoms with Crippen molar-refractivity contribution < 1.29 is 17.9 Å². The summed E-state index contributed by atoms with van der Waals surface area (Å²) in [5.41, 5.74) is 0.633. The summed E-state index contributed by atoms with van der Waals surface area (Å²) in [5, 5.41) is 3.35. The average Bonchev–Trinajstić information content (AvgIpc) is 2.69. The molecule has 0 aliphatic carbocycles. The van der Waals surface area contributed by atoms with Gasteiger partial charge in [-0.05, 0) is 56.2 Å². The van der Waals surface area contributed by atoms with E-state index in [2.05, 4.69) is 5.32 Å². The summed E-state index contributed by atoms with van der Waals surface area (Å²) in [7, 11) is -3.66. The van der Waals surface area contributed by atoms with E-state index in [4.69, 9.17) is 16.3 Å². The minimum absolute atomic E-state index is 0.155. The molecule has 28 heavy (non-hydrogen) atoms. The minimum Gasteiger partial charge on any atom is -0.494 e. The topological polar surface area (TPSA) is 75.7 Å². The summed E-state index contributed by atoms with van der Waals surface area (Å²) >= 11 is 5.85. The molecule has 3 rings (SSSR count). The predicted octanol–water partition coefficient (Wildman–Crippen LogP) is 3.78. The number of ether oxygens (including phenoxy) is 1. The zero-order valence-corrected chi connectivity index (χ0v) is 17.2. The summed E-state index contributed by atoms with van der Waals surface area (Å²) in [4.78, 5) is 12.9. The van der Waals surface area contributed by atoms with Crippen LogP contribution in [-0.4, -0.2) is 38.3 Å². The summed E-state index contributed by atoms with van der Waals surface area (Å²) < 4.78 is 32.6. The number of halogens is 1. The molecule has 1 N–H and O–H groups in total. The monoisotopic (exact) mass is 422 g/mol. The Morgan fingerprint density at radius 2 is 2.00 bits per heavy atom. The van der Waals surface area contributed by atoms with Gasteiger partial charge in [-0.2, -0.15) is 4.31 Å². The molecule has 1 aliphatic rings. The maximum Gasteiger partial charge on any atom is 0.243 e. The van der Waals surface area contributed by atoms with Crippen LogP contribution in [-0.2, 0) is 14.8 Å². The van der Waals surface area contributed by atoms with Gasteiger partial charge in [0.2, 0.25) is 15.9 Å². The van der Waals surface area contributed by atoms with Crippen LogP contribution in [0.2, 0.25) is 5.02 Å². The average molecular weight is 423 g/mol. The summed E-state index contributed by atoms with van der Waals surface area (Å²) in [6.45, 7) is 2.98. The summed E-state index contributed by atoms with van der Waals surface area (Å²) in [6.07, 6.45) is 1.27. The number of hydrogen-bond donors (Lipinski definition) is 1. The van der Waals surface area contributed by atoms with Gasteiger partial charge >= 0.3 is 0 Å². The molecule has 0 unspecified atom stereocenters. The van der Waals surface area contributed by atoms with Crippen LogP contribution < -0.4 is 10.1 Å². The van der Waals surface area contributed by atoms with Crippen LogP contribution in [0.1, 0.15) is 19.8 Å². The first-order valence-electron chi connectivity index (χ1n) is 9.19. The Kier molecular flexibility index (Phi) is 6.59. The van der Waals surface area contributed by atoms with Crippen molar-refractivity contribution in [3.63, 3.8) is 0 Å². The lowest BCUT2D eigenvalue weighted by Crippen LogP contribution is -2.43. The number of hydrogen-bond acceptors (Lipinski definition) is 4. The molecule has 0 saturated carbocycles. The van der Waals surface area contributed by atoms with Crippen molar-refractivity contribution in [3.05, 3.63) is 53.6 Å². The van der Waals surface area contributed by atoms with E-state index in [-0.39, 0.29) is 17.3 Å². The standard InChI is InChI=1S/C20H23ClN2O4S/c1-2-27-18-7-3-6-17(13-18)22-20(24)15-5-4-12-23(14-15)28(25,26)19-10-8-16(21)9-11-19/h3,6-11,13,15H,2,4-5,12,14H2,1H3,(H,22,24)/t15-/m1/s1. The number of nitrogens with one attached hydrogen (secondary N) is 1. The molecule has 6 nitrogen and oxygen atoms in total. The Labute approximate surface area is 170 Å². The van der Waals surface area contributed by atoms with Gasteiger partial charge in [0.05, 0.1) is 17.4 Å². The lowest BCUT2D eigenvalue weighted by molar-refractivity contribution is -0.120. The van der Waals surface area contributed by atoms with Crippen molar-refractivity contribution in [2.24, 2.45) is 5.92 Å². The highest BCUT2D eigenvalue weighted by molar-refractivity contribution is 7.89. The maximum absolute atomic E-state index is 12.9. The molecule has 1 fully saturated rings. The van der Waals surface area contributed by atoms with Gasteiger partial charge in [-0.1, -0.05) is 17.7 Å². The fourth-order valence-electron chi connectivity index (χ4n) is 3.20. The first kappa shape index (κ1) is 20.6. The molecular weight excluding hydrogens is 400 g/mol. The minimum atomic E-state index is -3.66. The molecule has 1 aliphatic heterocycles. The van der Waals surface area contributed by atoms with Crippen LogP contribution >= 0.6 is 11.6 Å². The van der Waals surface area contributed by atoms with Gasteiger partial charge in [0.15, 0.2) is 0 Å². The van der Waals surface area contributed by atoms with Crippen LogP contribution in [0.15, 0.2) is 53.4 Å². The van der Waals surface area contributed by atoms with E-state index in [1.807, 2.05) is 13.0 Å². The fraction of sp³-hybridized carbons (Fsp3) is 0.350. The van der Waals surface area contributed by atoms with Crippen molar-refractivity contribution in [3.8, 4) is 5.75 Å². The van der Waals surface area contributed by atoms with Crippen molar-refractivity contribution >= 4 is 33.2 Å². The second-order valence-electron chi connectivity index (χ2n) is 6.61. The second kappa shape index (κ2) is 8.94. The second-order valence-corrected chi connectivity index (χ2v) is 8.98. The first-order valence-corrected chi connectivity index (χ1v) is 11.0. The number of piperidine rings is 1. The van der Waals surface area contributed by atoms with Crippen LogP contribution in [0.3, 0.4) is 0 Å². The van der Waals surface area contributed by atoms with Gasteiger partial charge in [0.1, 0.15) is 5.75 Å². The Morgan fingerprint density at radius 1 is 1.25 bits per heavy atom. The number of carbonyl (C=O) groups is 1. The van der Waals surface area contributed by atoms with E-state index in [0.717, 1.165) is 0 Å².